The van der Waals surface area contributed by atoms with Gasteiger partial charge in [-0.05, 0) is 30.3 Å². The Balaban J connectivity index is 1.86. The van der Waals surface area contributed by atoms with Crippen molar-refractivity contribution in [2.75, 3.05) is 5.32 Å². The molecule has 0 aliphatic carbocycles. The van der Waals surface area contributed by atoms with E-state index in [0.717, 1.165) is 18.2 Å². The molecule has 120 valence electrons. The predicted molar refractivity (Wildman–Crippen MR) is 82.8 cm³/mol. The van der Waals surface area contributed by atoms with Gasteiger partial charge in [0.2, 0.25) is 5.91 Å². The van der Waals surface area contributed by atoms with Crippen molar-refractivity contribution in [3.8, 4) is 5.69 Å². The molecule has 1 aliphatic rings. The van der Waals surface area contributed by atoms with Crippen molar-refractivity contribution in [1.29, 1.82) is 0 Å². The minimum Gasteiger partial charge on any atom is -0.310 e. The normalized spacial score (nSPS) is 16.6. The summed E-state index contributed by atoms with van der Waals surface area (Å²) in [5.41, 5.74) is 1.34. The van der Waals surface area contributed by atoms with E-state index in [1.807, 2.05) is 6.07 Å². The van der Waals surface area contributed by atoms with E-state index in [2.05, 4.69) is 15.3 Å². The molecule has 1 aliphatic heterocycles. The zero-order chi connectivity index (χ0) is 16.7. The second-order valence-corrected chi connectivity index (χ2v) is 5.53. The summed E-state index contributed by atoms with van der Waals surface area (Å²) in [6.07, 6.45) is 4.81. The molecule has 3 aromatic rings. The van der Waals surface area contributed by atoms with Gasteiger partial charge in [0.1, 0.15) is 23.8 Å². The van der Waals surface area contributed by atoms with Crippen LogP contribution in [-0.2, 0) is 4.79 Å². The minimum absolute atomic E-state index is 0.0113. The number of carbonyl (C=O) groups is 1. The Bertz CT molecular complexity index is 924. The standard InChI is InChI=1S/C17H12F2N4O/c18-10-3-4-14(19)12(6-10)13-7-15(24)22-17-16(13)21-9-23(17)11-2-1-5-20-8-11/h1-6,8-9,13H,7H2,(H,22,24). The molecule has 4 rings (SSSR count). The van der Waals surface area contributed by atoms with E-state index in [4.69, 9.17) is 0 Å². The van der Waals surface area contributed by atoms with Gasteiger partial charge in [0.15, 0.2) is 0 Å². The first kappa shape index (κ1) is 14.5. The topological polar surface area (TPSA) is 59.8 Å². The van der Waals surface area contributed by atoms with Crippen LogP contribution in [-0.4, -0.2) is 20.4 Å². The molecular formula is C17H12F2N4O. The van der Waals surface area contributed by atoms with E-state index in [9.17, 15) is 13.6 Å². The van der Waals surface area contributed by atoms with E-state index in [1.165, 1.54) is 6.33 Å². The molecule has 1 aromatic carbocycles. The molecule has 1 N–H and O–H groups in total. The van der Waals surface area contributed by atoms with Crippen LogP contribution < -0.4 is 5.32 Å². The first-order valence-electron chi connectivity index (χ1n) is 7.36. The number of rotatable bonds is 2. The molecule has 7 heteroatoms. The van der Waals surface area contributed by atoms with E-state index in [-0.39, 0.29) is 17.9 Å². The lowest BCUT2D eigenvalue weighted by molar-refractivity contribution is -0.116. The maximum atomic E-state index is 14.2. The van der Waals surface area contributed by atoms with Crippen LogP contribution >= 0.6 is 0 Å². The van der Waals surface area contributed by atoms with Crippen molar-refractivity contribution in [3.63, 3.8) is 0 Å². The summed E-state index contributed by atoms with van der Waals surface area (Å²) in [7, 11) is 0. The first-order valence-corrected chi connectivity index (χ1v) is 7.36. The highest BCUT2D eigenvalue weighted by Gasteiger charge is 2.32. The summed E-state index contributed by atoms with van der Waals surface area (Å²) in [6.45, 7) is 0. The van der Waals surface area contributed by atoms with Crippen molar-refractivity contribution in [1.82, 2.24) is 14.5 Å². The van der Waals surface area contributed by atoms with Crippen LogP contribution in [0.15, 0.2) is 49.1 Å². The quantitative estimate of drug-likeness (QED) is 0.787. The number of hydrogen-bond acceptors (Lipinski definition) is 3. The number of carbonyl (C=O) groups excluding carboxylic acids is 1. The van der Waals surface area contributed by atoms with Crippen LogP contribution in [0, 0.1) is 11.6 Å². The van der Waals surface area contributed by atoms with Crippen LogP contribution in [0.5, 0.6) is 0 Å². The van der Waals surface area contributed by atoms with Gasteiger partial charge >= 0.3 is 0 Å². The van der Waals surface area contributed by atoms with Gasteiger partial charge in [-0.1, -0.05) is 0 Å². The summed E-state index contributed by atoms with van der Waals surface area (Å²) in [5.74, 6) is -1.57. The maximum Gasteiger partial charge on any atom is 0.226 e. The Morgan fingerprint density at radius 3 is 2.92 bits per heavy atom. The largest absolute Gasteiger partial charge is 0.310 e. The Labute approximate surface area is 136 Å². The van der Waals surface area contributed by atoms with E-state index in [0.29, 0.717) is 17.2 Å². The number of imidazole rings is 1. The van der Waals surface area contributed by atoms with Crippen molar-refractivity contribution in [2.24, 2.45) is 0 Å². The number of aromatic nitrogens is 3. The zero-order valence-corrected chi connectivity index (χ0v) is 12.4. The van der Waals surface area contributed by atoms with Gasteiger partial charge < -0.3 is 5.32 Å². The third-order valence-corrected chi connectivity index (χ3v) is 4.03. The predicted octanol–water partition coefficient (Wildman–Crippen LogP) is 3.02. The van der Waals surface area contributed by atoms with Gasteiger partial charge in [-0.3, -0.25) is 14.3 Å². The summed E-state index contributed by atoms with van der Waals surface area (Å²) >= 11 is 0. The summed E-state index contributed by atoms with van der Waals surface area (Å²) < 4.78 is 29.4. The number of fused-ring (bicyclic) bond motifs is 1. The fourth-order valence-electron chi connectivity index (χ4n) is 2.94. The Hall–Kier alpha value is -3.09. The monoisotopic (exact) mass is 326 g/mol. The molecule has 24 heavy (non-hydrogen) atoms. The highest BCUT2D eigenvalue weighted by atomic mass is 19.1. The average molecular weight is 326 g/mol. The molecule has 3 heterocycles. The van der Waals surface area contributed by atoms with Crippen LogP contribution in [0.2, 0.25) is 0 Å². The number of hydrogen-bond donors (Lipinski definition) is 1. The van der Waals surface area contributed by atoms with Crippen LogP contribution in [0.1, 0.15) is 23.6 Å². The third kappa shape index (κ3) is 2.34. The highest BCUT2D eigenvalue weighted by Crippen LogP contribution is 2.38. The highest BCUT2D eigenvalue weighted by molar-refractivity contribution is 5.94. The molecule has 0 spiro atoms. The fraction of sp³-hybridized carbons (Fsp3) is 0.118. The molecule has 2 aromatic heterocycles. The minimum atomic E-state index is -0.637. The van der Waals surface area contributed by atoms with Gasteiger partial charge in [-0.25, -0.2) is 13.8 Å². The van der Waals surface area contributed by atoms with Crippen LogP contribution in [0.25, 0.3) is 5.69 Å². The molecule has 1 unspecified atom stereocenters. The van der Waals surface area contributed by atoms with E-state index < -0.39 is 17.6 Å². The van der Waals surface area contributed by atoms with Crippen molar-refractivity contribution >= 4 is 11.7 Å². The number of amides is 1. The maximum absolute atomic E-state index is 14.2. The zero-order valence-electron chi connectivity index (χ0n) is 12.4. The molecular weight excluding hydrogens is 314 g/mol. The lowest BCUT2D eigenvalue weighted by atomic mass is 9.89. The number of halogens is 2. The van der Waals surface area contributed by atoms with Crippen molar-refractivity contribution in [2.45, 2.75) is 12.3 Å². The molecule has 0 radical (unpaired) electrons. The van der Waals surface area contributed by atoms with Crippen molar-refractivity contribution in [3.05, 3.63) is 71.9 Å². The second-order valence-electron chi connectivity index (χ2n) is 5.53. The van der Waals surface area contributed by atoms with E-state index >= 15 is 0 Å². The molecule has 0 bridgehead atoms. The number of benzene rings is 1. The smallest absolute Gasteiger partial charge is 0.226 e. The number of pyridine rings is 1. The summed E-state index contributed by atoms with van der Waals surface area (Å²) in [5, 5.41) is 2.76. The van der Waals surface area contributed by atoms with Gasteiger partial charge in [-0.2, -0.15) is 0 Å². The molecule has 0 fully saturated rings. The van der Waals surface area contributed by atoms with Crippen molar-refractivity contribution < 1.29 is 13.6 Å². The van der Waals surface area contributed by atoms with Gasteiger partial charge in [0.05, 0.1) is 17.6 Å². The second kappa shape index (κ2) is 5.52. The number of anilines is 1. The molecule has 5 nitrogen and oxygen atoms in total. The third-order valence-electron chi connectivity index (χ3n) is 4.03. The first-order chi connectivity index (χ1) is 11.6. The lowest BCUT2D eigenvalue weighted by Crippen LogP contribution is -2.25. The Kier molecular flexibility index (Phi) is 3.34. The van der Waals surface area contributed by atoms with E-state index in [1.54, 1.807) is 23.0 Å². The van der Waals surface area contributed by atoms with Gasteiger partial charge in [0, 0.05) is 24.1 Å². The summed E-state index contributed by atoms with van der Waals surface area (Å²) in [6, 6.07) is 6.81. The van der Waals surface area contributed by atoms with Crippen LogP contribution in [0.3, 0.4) is 0 Å². The van der Waals surface area contributed by atoms with Crippen LogP contribution in [0.4, 0.5) is 14.6 Å². The Morgan fingerprint density at radius 2 is 2.12 bits per heavy atom. The molecule has 1 amide bonds. The summed E-state index contributed by atoms with van der Waals surface area (Å²) in [4.78, 5) is 20.5. The number of nitrogens with zero attached hydrogens (tertiary/aromatic N) is 3. The number of nitrogens with one attached hydrogen (secondary N) is 1. The fourth-order valence-corrected chi connectivity index (χ4v) is 2.94. The molecule has 0 saturated carbocycles. The van der Waals surface area contributed by atoms with Gasteiger partial charge in [-0.15, -0.1) is 0 Å². The molecule has 0 saturated heterocycles. The lowest BCUT2D eigenvalue weighted by Gasteiger charge is -2.23. The Morgan fingerprint density at radius 1 is 1.25 bits per heavy atom. The molecule has 1 atom stereocenters. The van der Waals surface area contributed by atoms with Gasteiger partial charge in [0.25, 0.3) is 0 Å². The SMILES string of the molecule is O=C1CC(c2cc(F)ccc2F)c2ncn(-c3cccnc3)c2N1. The average Bonchev–Trinajstić information content (AvgIpc) is 3.01.